The molecule has 38 heavy (non-hydrogen) atoms. The van der Waals surface area contributed by atoms with Crippen LogP contribution in [0.4, 0.5) is 0 Å². The van der Waals surface area contributed by atoms with E-state index in [1.807, 2.05) is 24.3 Å². The molecule has 2 rings (SSSR count). The van der Waals surface area contributed by atoms with Crippen LogP contribution in [-0.4, -0.2) is 54.2 Å². The monoisotopic (exact) mass is 528 g/mol. The Labute approximate surface area is 227 Å². The zero-order chi connectivity index (χ0) is 28.1. The Morgan fingerprint density at radius 2 is 1.53 bits per heavy atom. The molecule has 7 heteroatoms. The van der Waals surface area contributed by atoms with Crippen LogP contribution in [0.15, 0.2) is 54.6 Å². The molecule has 0 saturated carbocycles. The number of carbonyl (C=O) groups excluding carboxylic acids is 2. The molecule has 210 valence electrons. The van der Waals surface area contributed by atoms with E-state index < -0.39 is 30.1 Å². The Kier molecular flexibility index (Phi) is 13.3. The highest BCUT2D eigenvalue weighted by atomic mass is 16.6. The van der Waals surface area contributed by atoms with Crippen molar-refractivity contribution < 1.29 is 34.0 Å². The number of allylic oxidation sites excluding steroid dienone is 2. The second-order valence-corrected chi connectivity index (χ2v) is 10.2. The first-order valence-corrected chi connectivity index (χ1v) is 13.6. The summed E-state index contributed by atoms with van der Waals surface area (Å²) in [5, 5.41) is 19.1. The van der Waals surface area contributed by atoms with Crippen LogP contribution < -0.4 is 4.74 Å². The Balaban J connectivity index is 1.94. The molecule has 0 saturated heterocycles. The Hall–Kier alpha value is -2.90. The second-order valence-electron chi connectivity index (χ2n) is 10.2. The van der Waals surface area contributed by atoms with Crippen molar-refractivity contribution in [2.24, 2.45) is 11.8 Å². The maximum Gasteiger partial charge on any atom is 0.336 e. The Morgan fingerprint density at radius 1 is 0.947 bits per heavy atom. The van der Waals surface area contributed by atoms with Crippen molar-refractivity contribution in [2.75, 3.05) is 19.8 Å². The summed E-state index contributed by atoms with van der Waals surface area (Å²) in [5.41, 5.74) is 2.43. The normalized spacial score (nSPS) is 17.5. The molecule has 3 unspecified atom stereocenters. The van der Waals surface area contributed by atoms with Crippen LogP contribution in [-0.2, 0) is 19.1 Å². The quantitative estimate of drug-likeness (QED) is 0.168. The first-order valence-electron chi connectivity index (χ1n) is 13.6. The summed E-state index contributed by atoms with van der Waals surface area (Å²) < 4.78 is 16.4. The van der Waals surface area contributed by atoms with Crippen LogP contribution in [0.1, 0.15) is 71.3 Å². The fraction of sp³-hybridized carbons (Fsp3) is 0.548. The van der Waals surface area contributed by atoms with Gasteiger partial charge in [-0.25, -0.2) is 9.59 Å². The van der Waals surface area contributed by atoms with Crippen LogP contribution >= 0.6 is 0 Å². The van der Waals surface area contributed by atoms with E-state index in [1.54, 1.807) is 0 Å². The van der Waals surface area contributed by atoms with Gasteiger partial charge in [0.2, 0.25) is 0 Å². The summed E-state index contributed by atoms with van der Waals surface area (Å²) in [7, 11) is 0. The SMILES string of the molecule is C=C(C(=O)OCC(COC(=O)C(=C)C(C)O)COc1ccc(C2=CCC(CCCCC)CC2)cc1)C(C)O. The third kappa shape index (κ3) is 10.5. The average Bonchev–Trinajstić information content (AvgIpc) is 2.92. The average molecular weight is 529 g/mol. The summed E-state index contributed by atoms with van der Waals surface area (Å²) in [4.78, 5) is 24.2. The number of hydrogen-bond donors (Lipinski definition) is 2. The zero-order valence-corrected chi connectivity index (χ0v) is 23.1. The number of carbonyl (C=O) groups is 2. The molecular weight excluding hydrogens is 484 g/mol. The highest BCUT2D eigenvalue weighted by Gasteiger charge is 2.21. The van der Waals surface area contributed by atoms with E-state index in [9.17, 15) is 19.8 Å². The van der Waals surface area contributed by atoms with E-state index in [0.29, 0.717) is 5.75 Å². The number of ether oxygens (including phenoxy) is 3. The van der Waals surface area contributed by atoms with Gasteiger partial charge in [-0.05, 0) is 62.3 Å². The molecule has 0 fully saturated rings. The number of unbranched alkanes of at least 4 members (excludes halogenated alkanes) is 2. The summed E-state index contributed by atoms with van der Waals surface area (Å²) in [6, 6.07) is 7.91. The van der Waals surface area contributed by atoms with Gasteiger partial charge in [0.1, 0.15) is 19.0 Å². The standard InChI is InChI=1S/C31H44O7/c1-6-7-8-9-25-10-12-27(13-11-25)28-14-16-29(17-15-28)36-18-26(19-37-30(34)21(2)23(4)32)20-38-31(35)22(3)24(5)33/h12,14-17,23-26,32-33H,2-3,6-11,13,18-20H2,1,4-5H3. The zero-order valence-electron chi connectivity index (χ0n) is 23.1. The number of benzene rings is 1. The van der Waals surface area contributed by atoms with Gasteiger partial charge in [0.15, 0.2) is 0 Å². The molecule has 0 aromatic heterocycles. The van der Waals surface area contributed by atoms with Gasteiger partial charge < -0.3 is 24.4 Å². The van der Waals surface area contributed by atoms with Crippen molar-refractivity contribution >= 4 is 17.5 Å². The molecule has 0 heterocycles. The van der Waals surface area contributed by atoms with Gasteiger partial charge in [0, 0.05) is 0 Å². The maximum absolute atomic E-state index is 12.1. The summed E-state index contributed by atoms with van der Waals surface area (Å²) in [5.74, 6) is -0.516. The molecule has 0 spiro atoms. The molecule has 1 aromatic rings. The number of hydrogen-bond acceptors (Lipinski definition) is 7. The van der Waals surface area contributed by atoms with Gasteiger partial charge in [-0.3, -0.25) is 0 Å². The van der Waals surface area contributed by atoms with Gasteiger partial charge in [0.05, 0.1) is 35.9 Å². The van der Waals surface area contributed by atoms with Crippen molar-refractivity contribution in [3.05, 3.63) is 60.2 Å². The minimum Gasteiger partial charge on any atom is -0.493 e. The van der Waals surface area contributed by atoms with Crippen LogP contribution in [0.3, 0.4) is 0 Å². The number of aliphatic hydroxyl groups excluding tert-OH is 2. The van der Waals surface area contributed by atoms with Crippen molar-refractivity contribution in [1.29, 1.82) is 0 Å². The van der Waals surface area contributed by atoms with Crippen molar-refractivity contribution in [3.8, 4) is 5.75 Å². The van der Waals surface area contributed by atoms with E-state index in [0.717, 1.165) is 18.8 Å². The predicted molar refractivity (Wildman–Crippen MR) is 148 cm³/mol. The molecule has 1 aromatic carbocycles. The van der Waals surface area contributed by atoms with E-state index >= 15 is 0 Å². The molecule has 0 amide bonds. The Bertz CT molecular complexity index is 923. The van der Waals surface area contributed by atoms with Crippen LogP contribution in [0.25, 0.3) is 5.57 Å². The van der Waals surface area contributed by atoms with E-state index in [1.165, 1.54) is 57.1 Å². The van der Waals surface area contributed by atoms with Crippen LogP contribution in [0.5, 0.6) is 5.75 Å². The van der Waals surface area contributed by atoms with Gasteiger partial charge in [-0.1, -0.05) is 64.0 Å². The molecule has 0 radical (unpaired) electrons. The fourth-order valence-electron chi connectivity index (χ4n) is 4.13. The van der Waals surface area contributed by atoms with Gasteiger partial charge in [-0.2, -0.15) is 0 Å². The number of rotatable bonds is 16. The first kappa shape index (κ1) is 31.3. The summed E-state index contributed by atoms with van der Waals surface area (Å²) in [6.07, 6.45) is 8.97. The van der Waals surface area contributed by atoms with Crippen LogP contribution in [0, 0.1) is 11.8 Å². The van der Waals surface area contributed by atoms with Crippen molar-refractivity contribution in [3.63, 3.8) is 0 Å². The minimum absolute atomic E-state index is 0.0657. The molecule has 2 N–H and O–H groups in total. The highest BCUT2D eigenvalue weighted by molar-refractivity contribution is 5.89. The third-order valence-corrected chi connectivity index (χ3v) is 6.88. The molecule has 1 aliphatic rings. The largest absolute Gasteiger partial charge is 0.493 e. The fourth-order valence-corrected chi connectivity index (χ4v) is 4.13. The summed E-state index contributed by atoms with van der Waals surface area (Å²) >= 11 is 0. The Morgan fingerprint density at radius 3 is 2.00 bits per heavy atom. The van der Waals surface area contributed by atoms with Crippen molar-refractivity contribution in [1.82, 2.24) is 0 Å². The lowest BCUT2D eigenvalue weighted by Crippen LogP contribution is -2.28. The first-order chi connectivity index (χ1) is 18.1. The van der Waals surface area contributed by atoms with E-state index in [-0.39, 0.29) is 31.0 Å². The molecule has 1 aliphatic carbocycles. The lowest BCUT2D eigenvalue weighted by molar-refractivity contribution is -0.145. The van der Waals surface area contributed by atoms with Gasteiger partial charge in [0.25, 0.3) is 0 Å². The lowest BCUT2D eigenvalue weighted by atomic mass is 9.84. The molecular formula is C31H44O7. The molecule has 7 nitrogen and oxygen atoms in total. The summed E-state index contributed by atoms with van der Waals surface area (Å²) in [6.45, 7) is 12.0. The van der Waals surface area contributed by atoms with Gasteiger partial charge in [-0.15, -0.1) is 0 Å². The maximum atomic E-state index is 12.1. The predicted octanol–water partition coefficient (Wildman–Crippen LogP) is 5.41. The minimum atomic E-state index is -1.03. The van der Waals surface area contributed by atoms with Gasteiger partial charge >= 0.3 is 11.9 Å². The van der Waals surface area contributed by atoms with Crippen LogP contribution in [0.2, 0.25) is 0 Å². The van der Waals surface area contributed by atoms with E-state index in [4.69, 9.17) is 14.2 Å². The van der Waals surface area contributed by atoms with E-state index in [2.05, 4.69) is 26.2 Å². The molecule has 3 atom stereocenters. The number of aliphatic hydroxyl groups is 2. The lowest BCUT2D eigenvalue weighted by Gasteiger charge is -2.22. The molecule has 0 bridgehead atoms. The third-order valence-electron chi connectivity index (χ3n) is 6.88. The second kappa shape index (κ2) is 16.1. The number of esters is 2. The molecule has 0 aliphatic heterocycles. The topological polar surface area (TPSA) is 102 Å². The highest BCUT2D eigenvalue weighted by Crippen LogP contribution is 2.33. The smallest absolute Gasteiger partial charge is 0.336 e. The van der Waals surface area contributed by atoms with Crippen molar-refractivity contribution in [2.45, 2.75) is 77.9 Å².